The minimum atomic E-state index is -3.34. The Balaban J connectivity index is 1.60. The molecule has 0 spiro atoms. The van der Waals surface area contributed by atoms with Gasteiger partial charge in [-0.25, -0.2) is 8.42 Å². The van der Waals surface area contributed by atoms with Gasteiger partial charge in [0.15, 0.2) is 6.61 Å². The van der Waals surface area contributed by atoms with E-state index in [0.717, 1.165) is 32.1 Å². The van der Waals surface area contributed by atoms with E-state index in [-0.39, 0.29) is 17.4 Å². The number of aromatic nitrogens is 1. The van der Waals surface area contributed by atoms with Gasteiger partial charge < -0.3 is 14.6 Å². The van der Waals surface area contributed by atoms with Gasteiger partial charge in [-0.2, -0.15) is 0 Å². The first-order valence-corrected chi connectivity index (χ1v) is 10.9. The fraction of sp³-hybridized carbons (Fsp3) is 0.222. The van der Waals surface area contributed by atoms with Crippen molar-refractivity contribution in [1.29, 1.82) is 0 Å². The molecule has 10 heteroatoms. The predicted octanol–water partition coefficient (Wildman–Crippen LogP) is 2.01. The van der Waals surface area contributed by atoms with Crippen molar-refractivity contribution < 1.29 is 17.9 Å². The van der Waals surface area contributed by atoms with E-state index in [1.165, 1.54) is 7.05 Å². The van der Waals surface area contributed by atoms with E-state index in [0.29, 0.717) is 17.1 Å². The monoisotopic (exact) mass is 421 g/mol. The number of anilines is 2. The molecule has 0 atom stereocenters. The van der Waals surface area contributed by atoms with E-state index in [1.54, 1.807) is 54.1 Å². The molecule has 0 saturated carbocycles. The van der Waals surface area contributed by atoms with Gasteiger partial charge in [0, 0.05) is 19.8 Å². The highest BCUT2D eigenvalue weighted by molar-refractivity contribution is 7.92. The van der Waals surface area contributed by atoms with Gasteiger partial charge >= 0.3 is 4.87 Å². The number of nitrogens with zero attached hydrogens (tertiary/aromatic N) is 2. The predicted molar refractivity (Wildman–Crippen MR) is 111 cm³/mol. The number of thiazole rings is 1. The van der Waals surface area contributed by atoms with Crippen LogP contribution in [0.25, 0.3) is 10.2 Å². The molecule has 1 N–H and O–H groups in total. The number of nitrogens with one attached hydrogen (secondary N) is 1. The lowest BCUT2D eigenvalue weighted by molar-refractivity contribution is -0.118. The Kier molecular flexibility index (Phi) is 5.43. The van der Waals surface area contributed by atoms with Crippen LogP contribution < -0.4 is 19.2 Å². The van der Waals surface area contributed by atoms with Crippen LogP contribution in [-0.4, -0.2) is 38.8 Å². The lowest BCUT2D eigenvalue weighted by Crippen LogP contribution is -2.24. The molecule has 0 radical (unpaired) electrons. The Morgan fingerprint density at radius 1 is 1.21 bits per heavy atom. The summed E-state index contributed by atoms with van der Waals surface area (Å²) < 4.78 is 32.0. The molecule has 0 unspecified atom stereocenters. The first-order valence-electron chi connectivity index (χ1n) is 8.21. The average Bonchev–Trinajstić information content (AvgIpc) is 2.92. The lowest BCUT2D eigenvalue weighted by atomic mass is 10.3. The van der Waals surface area contributed by atoms with Crippen LogP contribution in [0.3, 0.4) is 0 Å². The van der Waals surface area contributed by atoms with Gasteiger partial charge in [-0.3, -0.25) is 13.9 Å². The van der Waals surface area contributed by atoms with Crippen LogP contribution in [-0.2, 0) is 21.9 Å². The van der Waals surface area contributed by atoms with E-state index >= 15 is 0 Å². The molecule has 1 amide bonds. The van der Waals surface area contributed by atoms with Crippen LogP contribution in [0.15, 0.2) is 47.3 Å². The van der Waals surface area contributed by atoms with E-state index in [9.17, 15) is 18.0 Å². The second kappa shape index (κ2) is 7.64. The molecule has 0 aliphatic heterocycles. The first kappa shape index (κ1) is 19.9. The summed E-state index contributed by atoms with van der Waals surface area (Å²) >= 11 is 1.11. The van der Waals surface area contributed by atoms with Gasteiger partial charge in [0.2, 0.25) is 10.0 Å². The number of ether oxygens (including phenoxy) is 1. The zero-order valence-corrected chi connectivity index (χ0v) is 17.1. The maximum Gasteiger partial charge on any atom is 0.307 e. The van der Waals surface area contributed by atoms with E-state index in [1.807, 2.05) is 0 Å². The maximum absolute atomic E-state index is 12.1. The largest absolute Gasteiger partial charge is 0.484 e. The summed E-state index contributed by atoms with van der Waals surface area (Å²) in [5.41, 5.74) is 1.88. The van der Waals surface area contributed by atoms with Crippen LogP contribution in [0.5, 0.6) is 5.75 Å². The highest BCUT2D eigenvalue weighted by atomic mass is 32.2. The van der Waals surface area contributed by atoms with Gasteiger partial charge in [0.1, 0.15) is 5.75 Å². The third kappa shape index (κ3) is 4.34. The topological polar surface area (TPSA) is 97.7 Å². The number of sulfonamides is 1. The van der Waals surface area contributed by atoms with Gasteiger partial charge in [-0.05, 0) is 42.5 Å². The number of carbonyl (C=O) groups is 1. The second-order valence-electron chi connectivity index (χ2n) is 6.17. The number of benzene rings is 2. The fourth-order valence-corrected chi connectivity index (χ4v) is 3.92. The highest BCUT2D eigenvalue weighted by Gasteiger charge is 2.12. The molecule has 0 saturated heterocycles. The molecule has 0 fully saturated rings. The molecule has 1 heterocycles. The van der Waals surface area contributed by atoms with E-state index < -0.39 is 10.0 Å². The Labute approximate surface area is 166 Å². The van der Waals surface area contributed by atoms with Crippen molar-refractivity contribution in [2.24, 2.45) is 7.05 Å². The van der Waals surface area contributed by atoms with E-state index in [4.69, 9.17) is 4.74 Å². The molecule has 0 aliphatic carbocycles. The summed E-state index contributed by atoms with van der Waals surface area (Å²) in [4.78, 5) is 23.7. The summed E-state index contributed by atoms with van der Waals surface area (Å²) in [6.45, 7) is -0.204. The average molecular weight is 422 g/mol. The Morgan fingerprint density at radius 3 is 2.54 bits per heavy atom. The number of hydrogen-bond acceptors (Lipinski definition) is 6. The fourth-order valence-electron chi connectivity index (χ4n) is 2.50. The summed E-state index contributed by atoms with van der Waals surface area (Å²) in [5, 5.41) is 2.73. The van der Waals surface area contributed by atoms with Crippen LogP contribution in [0.1, 0.15) is 0 Å². The summed E-state index contributed by atoms with van der Waals surface area (Å²) in [7, 11) is -0.180. The summed E-state index contributed by atoms with van der Waals surface area (Å²) in [6.07, 6.45) is 1.12. The quantitative estimate of drug-likeness (QED) is 0.657. The Hall–Kier alpha value is -2.85. The standard InChI is InChI=1S/C18H19N3O5S2/c1-20-15-9-4-12(10-16(15)27-18(20)23)19-17(22)11-26-14-7-5-13(6-8-14)21(2)28(3,24)25/h4-10H,11H2,1-3H3,(H,19,22). The van der Waals surface area contributed by atoms with Crippen molar-refractivity contribution in [2.45, 2.75) is 0 Å². The number of fused-ring (bicyclic) bond motifs is 1. The van der Waals surface area contributed by atoms with Gasteiger partial charge in [-0.1, -0.05) is 11.3 Å². The van der Waals surface area contributed by atoms with Crippen LogP contribution >= 0.6 is 11.3 Å². The number of hydrogen-bond donors (Lipinski definition) is 1. The Morgan fingerprint density at radius 2 is 1.89 bits per heavy atom. The lowest BCUT2D eigenvalue weighted by Gasteiger charge is -2.16. The van der Waals surface area contributed by atoms with Gasteiger partial charge in [-0.15, -0.1) is 0 Å². The zero-order valence-electron chi connectivity index (χ0n) is 15.5. The number of amides is 1. The van der Waals surface area contributed by atoms with Crippen molar-refractivity contribution in [2.75, 3.05) is 29.5 Å². The minimum absolute atomic E-state index is 0.0632. The Bertz CT molecular complexity index is 1180. The van der Waals surface area contributed by atoms with Crippen LogP contribution in [0.2, 0.25) is 0 Å². The molecule has 28 heavy (non-hydrogen) atoms. The van der Waals surface area contributed by atoms with Crippen molar-refractivity contribution in [3.63, 3.8) is 0 Å². The zero-order chi connectivity index (χ0) is 20.5. The molecule has 2 aromatic carbocycles. The molecule has 148 valence electrons. The van der Waals surface area contributed by atoms with Crippen molar-refractivity contribution >= 4 is 48.9 Å². The normalized spacial score (nSPS) is 11.4. The van der Waals surface area contributed by atoms with Gasteiger partial charge in [0.05, 0.1) is 22.2 Å². The number of rotatable bonds is 6. The third-order valence-electron chi connectivity index (χ3n) is 4.14. The molecule has 8 nitrogen and oxygen atoms in total. The summed E-state index contributed by atoms with van der Waals surface area (Å²) in [5.74, 6) is 0.0949. The van der Waals surface area contributed by atoms with Crippen LogP contribution in [0.4, 0.5) is 11.4 Å². The minimum Gasteiger partial charge on any atom is -0.484 e. The summed E-state index contributed by atoms with van der Waals surface area (Å²) in [6, 6.07) is 11.6. The van der Waals surface area contributed by atoms with E-state index in [2.05, 4.69) is 5.32 Å². The molecule has 1 aromatic heterocycles. The molecule has 0 aliphatic rings. The SMILES string of the molecule is CN(c1ccc(OCC(=O)Nc2ccc3c(c2)sc(=O)n3C)cc1)S(C)(=O)=O. The van der Waals surface area contributed by atoms with Crippen LogP contribution in [0, 0.1) is 0 Å². The third-order valence-corrected chi connectivity index (χ3v) is 6.34. The van der Waals surface area contributed by atoms with Crippen molar-refractivity contribution in [1.82, 2.24) is 4.57 Å². The van der Waals surface area contributed by atoms with Gasteiger partial charge in [0.25, 0.3) is 5.91 Å². The first-order chi connectivity index (χ1) is 13.1. The van der Waals surface area contributed by atoms with Crippen molar-refractivity contribution in [3.05, 3.63) is 52.1 Å². The number of aryl methyl sites for hydroxylation is 1. The van der Waals surface area contributed by atoms with Crippen molar-refractivity contribution in [3.8, 4) is 5.75 Å². The maximum atomic E-state index is 12.1. The second-order valence-corrected chi connectivity index (χ2v) is 9.18. The molecule has 0 bridgehead atoms. The number of carbonyl (C=O) groups excluding carboxylic acids is 1. The molecular weight excluding hydrogens is 402 g/mol. The molecular formula is C18H19N3O5S2. The molecule has 3 rings (SSSR count). The highest BCUT2D eigenvalue weighted by Crippen LogP contribution is 2.22. The smallest absolute Gasteiger partial charge is 0.307 e. The molecule has 3 aromatic rings.